The lowest BCUT2D eigenvalue weighted by Gasteiger charge is -2.14. The average molecular weight is 321 g/mol. The van der Waals surface area contributed by atoms with Gasteiger partial charge in [-0.3, -0.25) is 11.3 Å². The van der Waals surface area contributed by atoms with Crippen molar-refractivity contribution >= 4 is 22.9 Å². The Morgan fingerprint density at radius 1 is 1.14 bits per heavy atom. The Kier molecular flexibility index (Phi) is 4.96. The second-order valence-electron chi connectivity index (χ2n) is 5.71. The number of hydrazine groups is 1. The molecule has 3 N–H and O–H groups in total. The van der Waals surface area contributed by atoms with Crippen LogP contribution in [0, 0.1) is 0 Å². The highest BCUT2D eigenvalue weighted by molar-refractivity contribution is 7.12. The number of aryl methyl sites for hydroxylation is 2. The maximum Gasteiger partial charge on any atom is 0.0593 e. The SMILES string of the molecule is NNC(Cc1ccc(Cl)cc1)c1cc2c(s1)CCCCC2. The van der Waals surface area contributed by atoms with E-state index in [4.69, 9.17) is 17.4 Å². The molecule has 1 aliphatic rings. The topological polar surface area (TPSA) is 38.0 Å². The monoisotopic (exact) mass is 320 g/mol. The Bertz CT molecular complexity index is 568. The van der Waals surface area contributed by atoms with Crippen molar-refractivity contribution in [3.8, 4) is 0 Å². The van der Waals surface area contributed by atoms with Gasteiger partial charge in [-0.1, -0.05) is 30.2 Å². The lowest BCUT2D eigenvalue weighted by Crippen LogP contribution is -2.28. The Hall–Kier alpha value is -0.870. The van der Waals surface area contributed by atoms with Crippen LogP contribution in [0.25, 0.3) is 0 Å². The summed E-state index contributed by atoms with van der Waals surface area (Å²) in [6, 6.07) is 10.6. The standard InChI is InChI=1S/C17H21ClN2S/c18-14-8-6-12(7-9-14)10-15(20-19)17-11-13-4-2-1-3-5-16(13)21-17/h6-9,11,15,20H,1-5,10,19H2. The van der Waals surface area contributed by atoms with Gasteiger partial charge in [0.1, 0.15) is 0 Å². The molecule has 0 saturated carbocycles. The first-order chi connectivity index (χ1) is 10.3. The molecule has 1 atom stereocenters. The fourth-order valence-electron chi connectivity index (χ4n) is 2.96. The number of rotatable bonds is 4. The van der Waals surface area contributed by atoms with Gasteiger partial charge in [0.05, 0.1) is 6.04 Å². The minimum Gasteiger partial charge on any atom is -0.271 e. The first-order valence-corrected chi connectivity index (χ1v) is 8.78. The molecule has 21 heavy (non-hydrogen) atoms. The minimum absolute atomic E-state index is 0.183. The number of nitrogens with two attached hydrogens (primary N) is 1. The van der Waals surface area contributed by atoms with Gasteiger partial charge in [0.25, 0.3) is 0 Å². The van der Waals surface area contributed by atoms with Gasteiger partial charge in [0.2, 0.25) is 0 Å². The van der Waals surface area contributed by atoms with Crippen LogP contribution < -0.4 is 11.3 Å². The van der Waals surface area contributed by atoms with Crippen molar-refractivity contribution in [3.05, 3.63) is 56.2 Å². The number of hydrogen-bond donors (Lipinski definition) is 2. The number of thiophene rings is 1. The van der Waals surface area contributed by atoms with E-state index in [0.29, 0.717) is 0 Å². The largest absolute Gasteiger partial charge is 0.271 e. The van der Waals surface area contributed by atoms with E-state index in [0.717, 1.165) is 11.4 Å². The minimum atomic E-state index is 0.183. The predicted octanol–water partition coefficient (Wildman–Crippen LogP) is 4.42. The molecule has 0 spiro atoms. The van der Waals surface area contributed by atoms with E-state index in [2.05, 4.69) is 23.6 Å². The number of fused-ring (bicyclic) bond motifs is 1. The number of halogens is 1. The van der Waals surface area contributed by atoms with E-state index in [1.165, 1.54) is 42.5 Å². The predicted molar refractivity (Wildman–Crippen MR) is 90.8 cm³/mol. The number of benzene rings is 1. The molecule has 0 fully saturated rings. The normalized spacial score (nSPS) is 16.3. The fraction of sp³-hybridized carbons (Fsp3) is 0.412. The first-order valence-electron chi connectivity index (χ1n) is 7.58. The van der Waals surface area contributed by atoms with Crippen LogP contribution in [0.15, 0.2) is 30.3 Å². The van der Waals surface area contributed by atoms with Gasteiger partial charge in [-0.2, -0.15) is 0 Å². The zero-order valence-corrected chi connectivity index (χ0v) is 13.6. The van der Waals surface area contributed by atoms with Crippen LogP contribution >= 0.6 is 22.9 Å². The summed E-state index contributed by atoms with van der Waals surface area (Å²) in [7, 11) is 0. The summed E-state index contributed by atoms with van der Waals surface area (Å²) in [5, 5.41) is 0.777. The molecule has 3 rings (SSSR count). The summed E-state index contributed by atoms with van der Waals surface area (Å²) in [5.74, 6) is 5.80. The van der Waals surface area contributed by atoms with Gasteiger partial charge in [-0.05, 0) is 61.4 Å². The van der Waals surface area contributed by atoms with Crippen LogP contribution in [0.2, 0.25) is 5.02 Å². The van der Waals surface area contributed by atoms with Crippen LogP contribution in [0.3, 0.4) is 0 Å². The van der Waals surface area contributed by atoms with E-state index in [1.54, 1.807) is 10.4 Å². The highest BCUT2D eigenvalue weighted by Crippen LogP contribution is 2.33. The zero-order chi connectivity index (χ0) is 14.7. The fourth-order valence-corrected chi connectivity index (χ4v) is 4.40. The molecule has 0 aliphatic heterocycles. The van der Waals surface area contributed by atoms with E-state index >= 15 is 0 Å². The van der Waals surface area contributed by atoms with Crippen molar-refractivity contribution < 1.29 is 0 Å². The van der Waals surface area contributed by atoms with E-state index in [9.17, 15) is 0 Å². The van der Waals surface area contributed by atoms with Crippen LogP contribution in [-0.4, -0.2) is 0 Å². The van der Waals surface area contributed by atoms with Crippen molar-refractivity contribution in [2.24, 2.45) is 5.84 Å². The highest BCUT2D eigenvalue weighted by atomic mass is 35.5. The summed E-state index contributed by atoms with van der Waals surface area (Å²) in [6.45, 7) is 0. The maximum absolute atomic E-state index is 5.94. The third-order valence-electron chi connectivity index (χ3n) is 4.16. The molecule has 1 aliphatic carbocycles. The molecule has 1 aromatic heterocycles. The van der Waals surface area contributed by atoms with Crippen molar-refractivity contribution in [1.29, 1.82) is 0 Å². The molecule has 0 amide bonds. The van der Waals surface area contributed by atoms with E-state index in [-0.39, 0.29) is 6.04 Å². The van der Waals surface area contributed by atoms with Crippen LogP contribution in [-0.2, 0) is 19.3 Å². The Labute approximate surface area is 135 Å². The maximum atomic E-state index is 5.94. The summed E-state index contributed by atoms with van der Waals surface area (Å²) < 4.78 is 0. The van der Waals surface area contributed by atoms with Crippen LogP contribution in [0.5, 0.6) is 0 Å². The molecule has 2 aromatic rings. The summed E-state index contributed by atoms with van der Waals surface area (Å²) in [6.07, 6.45) is 7.36. The molecular weight excluding hydrogens is 300 g/mol. The lowest BCUT2D eigenvalue weighted by atomic mass is 10.0. The zero-order valence-electron chi connectivity index (χ0n) is 12.1. The lowest BCUT2D eigenvalue weighted by molar-refractivity contribution is 0.560. The first kappa shape index (κ1) is 15.0. The molecule has 1 unspecified atom stereocenters. The van der Waals surface area contributed by atoms with Crippen molar-refractivity contribution in [2.45, 2.75) is 44.6 Å². The Balaban J connectivity index is 1.78. The second-order valence-corrected chi connectivity index (χ2v) is 7.31. The molecule has 1 aromatic carbocycles. The van der Waals surface area contributed by atoms with Crippen molar-refractivity contribution in [1.82, 2.24) is 5.43 Å². The van der Waals surface area contributed by atoms with Gasteiger partial charge in [0, 0.05) is 14.8 Å². The van der Waals surface area contributed by atoms with Gasteiger partial charge < -0.3 is 0 Å². The summed E-state index contributed by atoms with van der Waals surface area (Å²) in [4.78, 5) is 2.93. The van der Waals surface area contributed by atoms with E-state index in [1.807, 2.05) is 23.5 Å². The Morgan fingerprint density at radius 3 is 2.67 bits per heavy atom. The van der Waals surface area contributed by atoms with Gasteiger partial charge in [0.15, 0.2) is 0 Å². The van der Waals surface area contributed by atoms with Gasteiger partial charge >= 0.3 is 0 Å². The summed E-state index contributed by atoms with van der Waals surface area (Å²) >= 11 is 7.88. The van der Waals surface area contributed by atoms with E-state index < -0.39 is 0 Å². The second kappa shape index (κ2) is 6.93. The number of nitrogens with one attached hydrogen (secondary N) is 1. The number of hydrogen-bond acceptors (Lipinski definition) is 3. The molecule has 2 nitrogen and oxygen atoms in total. The smallest absolute Gasteiger partial charge is 0.0593 e. The van der Waals surface area contributed by atoms with Crippen molar-refractivity contribution in [2.75, 3.05) is 0 Å². The molecule has 0 saturated heterocycles. The third-order valence-corrected chi connectivity index (χ3v) is 5.77. The Morgan fingerprint density at radius 2 is 1.90 bits per heavy atom. The van der Waals surface area contributed by atoms with Crippen LogP contribution in [0.4, 0.5) is 0 Å². The molecule has 4 heteroatoms. The average Bonchev–Trinajstić information content (AvgIpc) is 2.77. The van der Waals surface area contributed by atoms with Gasteiger partial charge in [-0.25, -0.2) is 0 Å². The van der Waals surface area contributed by atoms with Crippen molar-refractivity contribution in [3.63, 3.8) is 0 Å². The molecule has 112 valence electrons. The summed E-state index contributed by atoms with van der Waals surface area (Å²) in [5.41, 5.74) is 5.78. The molecule has 0 radical (unpaired) electrons. The molecule has 1 heterocycles. The molecule has 0 bridgehead atoms. The molecular formula is C17H21ClN2S. The third kappa shape index (κ3) is 3.67. The van der Waals surface area contributed by atoms with Gasteiger partial charge in [-0.15, -0.1) is 11.3 Å². The quantitative estimate of drug-likeness (QED) is 0.497. The van der Waals surface area contributed by atoms with Crippen LogP contribution in [0.1, 0.15) is 46.2 Å². The highest BCUT2D eigenvalue weighted by Gasteiger charge is 2.18.